The number of hydrogen-bond acceptors (Lipinski definition) is 3. The van der Waals surface area contributed by atoms with Crippen LogP contribution in [-0.2, 0) is 16.1 Å². The molecule has 1 heterocycles. The summed E-state index contributed by atoms with van der Waals surface area (Å²) >= 11 is 0. The SMILES string of the molecule is CC(=O)NC(C(=O)Nc1ccc(CN2CCCC2)cc1)C(C)C. The average molecular weight is 317 g/mol. The summed E-state index contributed by atoms with van der Waals surface area (Å²) < 4.78 is 0. The van der Waals surface area contributed by atoms with Crippen molar-refractivity contribution < 1.29 is 9.59 Å². The van der Waals surface area contributed by atoms with E-state index in [9.17, 15) is 9.59 Å². The van der Waals surface area contributed by atoms with Gasteiger partial charge in [-0.1, -0.05) is 26.0 Å². The molecule has 0 spiro atoms. The Bertz CT molecular complexity index is 534. The first kappa shape index (κ1) is 17.5. The number of hydrogen-bond donors (Lipinski definition) is 2. The minimum atomic E-state index is -0.517. The summed E-state index contributed by atoms with van der Waals surface area (Å²) in [6.45, 7) is 8.57. The van der Waals surface area contributed by atoms with Crippen LogP contribution in [-0.4, -0.2) is 35.8 Å². The monoisotopic (exact) mass is 317 g/mol. The molecule has 0 radical (unpaired) electrons. The van der Waals surface area contributed by atoms with Gasteiger partial charge < -0.3 is 10.6 Å². The van der Waals surface area contributed by atoms with E-state index >= 15 is 0 Å². The fraction of sp³-hybridized carbons (Fsp3) is 0.556. The second kappa shape index (κ2) is 8.11. The molecule has 5 nitrogen and oxygen atoms in total. The Kier molecular flexibility index (Phi) is 6.16. The van der Waals surface area contributed by atoms with Gasteiger partial charge in [0, 0.05) is 19.2 Å². The largest absolute Gasteiger partial charge is 0.344 e. The van der Waals surface area contributed by atoms with Gasteiger partial charge in [-0.2, -0.15) is 0 Å². The van der Waals surface area contributed by atoms with Crippen LogP contribution >= 0.6 is 0 Å². The molecule has 126 valence electrons. The number of nitrogens with one attached hydrogen (secondary N) is 2. The van der Waals surface area contributed by atoms with Crippen LogP contribution in [0.4, 0.5) is 5.69 Å². The lowest BCUT2D eigenvalue weighted by Crippen LogP contribution is -2.46. The van der Waals surface area contributed by atoms with Gasteiger partial charge >= 0.3 is 0 Å². The molecule has 5 heteroatoms. The summed E-state index contributed by atoms with van der Waals surface area (Å²) in [4.78, 5) is 26.0. The molecule has 2 amide bonds. The van der Waals surface area contributed by atoms with Crippen molar-refractivity contribution in [3.8, 4) is 0 Å². The van der Waals surface area contributed by atoms with Gasteiger partial charge in [0.05, 0.1) is 0 Å². The molecule has 1 saturated heterocycles. The van der Waals surface area contributed by atoms with E-state index in [0.717, 1.165) is 12.2 Å². The lowest BCUT2D eigenvalue weighted by Gasteiger charge is -2.21. The molecule has 1 atom stereocenters. The Balaban J connectivity index is 1.93. The van der Waals surface area contributed by atoms with Crippen LogP contribution in [0, 0.1) is 5.92 Å². The molecule has 0 saturated carbocycles. The number of nitrogens with zero attached hydrogens (tertiary/aromatic N) is 1. The predicted molar refractivity (Wildman–Crippen MR) is 92.0 cm³/mol. The maximum Gasteiger partial charge on any atom is 0.247 e. The second-order valence-corrected chi connectivity index (χ2v) is 6.59. The van der Waals surface area contributed by atoms with Crippen molar-refractivity contribution in [1.29, 1.82) is 0 Å². The van der Waals surface area contributed by atoms with Gasteiger partial charge in [-0.15, -0.1) is 0 Å². The minimum Gasteiger partial charge on any atom is -0.344 e. The molecule has 1 unspecified atom stereocenters. The molecule has 2 N–H and O–H groups in total. The van der Waals surface area contributed by atoms with E-state index in [4.69, 9.17) is 0 Å². The van der Waals surface area contributed by atoms with E-state index in [2.05, 4.69) is 27.7 Å². The van der Waals surface area contributed by atoms with Gasteiger partial charge in [0.1, 0.15) is 6.04 Å². The summed E-state index contributed by atoms with van der Waals surface area (Å²) in [6, 6.07) is 7.44. The highest BCUT2D eigenvalue weighted by Crippen LogP contribution is 2.16. The highest BCUT2D eigenvalue weighted by Gasteiger charge is 2.23. The summed E-state index contributed by atoms with van der Waals surface area (Å²) in [5.74, 6) is -0.337. The van der Waals surface area contributed by atoms with Crippen LogP contribution in [0.5, 0.6) is 0 Å². The summed E-state index contributed by atoms with van der Waals surface area (Å²) in [7, 11) is 0. The van der Waals surface area contributed by atoms with Gasteiger partial charge in [-0.05, 0) is 49.5 Å². The number of amides is 2. The molecular weight excluding hydrogens is 290 g/mol. The Morgan fingerprint density at radius 3 is 2.26 bits per heavy atom. The van der Waals surface area contributed by atoms with E-state index in [1.807, 2.05) is 26.0 Å². The van der Waals surface area contributed by atoms with Crippen molar-refractivity contribution in [3.05, 3.63) is 29.8 Å². The number of carbonyl (C=O) groups is 2. The van der Waals surface area contributed by atoms with E-state index in [1.165, 1.54) is 38.4 Å². The molecule has 23 heavy (non-hydrogen) atoms. The Morgan fingerprint density at radius 1 is 1.13 bits per heavy atom. The van der Waals surface area contributed by atoms with Gasteiger partial charge in [0.2, 0.25) is 11.8 Å². The maximum atomic E-state index is 12.3. The average Bonchev–Trinajstić information content (AvgIpc) is 2.99. The third kappa shape index (κ3) is 5.36. The lowest BCUT2D eigenvalue weighted by molar-refractivity contribution is -0.126. The molecule has 2 rings (SSSR count). The molecule has 0 aromatic heterocycles. The molecule has 0 bridgehead atoms. The standard InChI is InChI=1S/C18H27N3O2/c1-13(2)17(19-14(3)22)18(23)20-16-8-6-15(7-9-16)12-21-10-4-5-11-21/h6-9,13,17H,4-5,10-12H2,1-3H3,(H,19,22)(H,20,23). The van der Waals surface area contributed by atoms with Gasteiger partial charge in [0.25, 0.3) is 0 Å². The summed E-state index contributed by atoms with van der Waals surface area (Å²) in [5.41, 5.74) is 2.02. The Hall–Kier alpha value is -1.88. The molecule has 1 fully saturated rings. The third-order valence-electron chi connectivity index (χ3n) is 4.13. The fourth-order valence-electron chi connectivity index (χ4n) is 2.87. The van der Waals surface area contributed by atoms with Crippen molar-refractivity contribution in [2.45, 2.75) is 46.2 Å². The number of carbonyl (C=O) groups excluding carboxylic acids is 2. The van der Waals surface area contributed by atoms with E-state index in [1.54, 1.807) is 0 Å². The molecule has 1 aliphatic rings. The minimum absolute atomic E-state index is 0.0355. The first-order valence-electron chi connectivity index (χ1n) is 8.35. The summed E-state index contributed by atoms with van der Waals surface area (Å²) in [5, 5.41) is 5.58. The smallest absolute Gasteiger partial charge is 0.247 e. The Labute approximate surface area is 138 Å². The van der Waals surface area contributed by atoms with Crippen LogP contribution < -0.4 is 10.6 Å². The molecule has 1 aromatic rings. The maximum absolute atomic E-state index is 12.3. The molecular formula is C18H27N3O2. The highest BCUT2D eigenvalue weighted by atomic mass is 16.2. The third-order valence-corrected chi connectivity index (χ3v) is 4.13. The number of likely N-dealkylation sites (tertiary alicyclic amines) is 1. The van der Waals surface area contributed by atoms with Crippen molar-refractivity contribution in [2.75, 3.05) is 18.4 Å². The van der Waals surface area contributed by atoms with Crippen LogP contribution in [0.1, 0.15) is 39.2 Å². The number of benzene rings is 1. The van der Waals surface area contributed by atoms with Crippen molar-refractivity contribution in [3.63, 3.8) is 0 Å². The first-order valence-corrected chi connectivity index (χ1v) is 8.35. The summed E-state index contributed by atoms with van der Waals surface area (Å²) in [6.07, 6.45) is 2.57. The van der Waals surface area contributed by atoms with E-state index in [0.29, 0.717) is 0 Å². The van der Waals surface area contributed by atoms with Gasteiger partial charge in [0.15, 0.2) is 0 Å². The number of anilines is 1. The van der Waals surface area contributed by atoms with E-state index < -0.39 is 6.04 Å². The number of rotatable bonds is 6. The zero-order valence-corrected chi connectivity index (χ0v) is 14.3. The van der Waals surface area contributed by atoms with Crippen LogP contribution in [0.15, 0.2) is 24.3 Å². The fourth-order valence-corrected chi connectivity index (χ4v) is 2.87. The first-order chi connectivity index (χ1) is 11.0. The van der Waals surface area contributed by atoms with Gasteiger partial charge in [-0.25, -0.2) is 0 Å². The van der Waals surface area contributed by atoms with Gasteiger partial charge in [-0.3, -0.25) is 14.5 Å². The molecule has 1 aromatic carbocycles. The molecule has 0 aliphatic carbocycles. The lowest BCUT2D eigenvalue weighted by atomic mass is 10.0. The Morgan fingerprint density at radius 2 is 1.74 bits per heavy atom. The topological polar surface area (TPSA) is 61.4 Å². The quantitative estimate of drug-likeness (QED) is 0.847. The van der Waals surface area contributed by atoms with Crippen molar-refractivity contribution in [2.24, 2.45) is 5.92 Å². The zero-order chi connectivity index (χ0) is 16.8. The van der Waals surface area contributed by atoms with Crippen molar-refractivity contribution >= 4 is 17.5 Å². The highest BCUT2D eigenvalue weighted by molar-refractivity contribution is 5.97. The molecule has 1 aliphatic heterocycles. The van der Waals surface area contributed by atoms with Crippen LogP contribution in [0.3, 0.4) is 0 Å². The van der Waals surface area contributed by atoms with E-state index in [-0.39, 0.29) is 17.7 Å². The van der Waals surface area contributed by atoms with Crippen LogP contribution in [0.2, 0.25) is 0 Å². The second-order valence-electron chi connectivity index (χ2n) is 6.59. The zero-order valence-electron chi connectivity index (χ0n) is 14.3. The predicted octanol–water partition coefficient (Wildman–Crippen LogP) is 2.38. The van der Waals surface area contributed by atoms with Crippen molar-refractivity contribution in [1.82, 2.24) is 10.2 Å². The normalized spacial score (nSPS) is 16.3. The van der Waals surface area contributed by atoms with Crippen LogP contribution in [0.25, 0.3) is 0 Å².